The number of nitrogens with one attached hydrogen (secondary N) is 2. The van der Waals surface area contributed by atoms with E-state index in [2.05, 4.69) is 10.0 Å². The Kier molecular flexibility index (Phi) is 4.92. The standard InChI is InChI=1S/C13H19N3O4S/c1-10(11-6-8-14-9-7-11)15-21(19,20)13-4-2-12(3-5-13)16(17)18/h2-5,10-11,14-15H,6-9H2,1H3/t10-/m0/s1. The summed E-state index contributed by atoms with van der Waals surface area (Å²) in [6.45, 7) is 3.65. The summed E-state index contributed by atoms with van der Waals surface area (Å²) in [4.78, 5) is 10.1. The summed E-state index contributed by atoms with van der Waals surface area (Å²) in [6, 6.07) is 4.76. The predicted octanol–water partition coefficient (Wildman–Crippen LogP) is 1.26. The fourth-order valence-electron chi connectivity index (χ4n) is 2.50. The SMILES string of the molecule is C[C@H](NS(=O)(=O)c1ccc([N+](=O)[O-])cc1)C1CCNCC1. The Hall–Kier alpha value is -1.51. The molecule has 1 atom stereocenters. The highest BCUT2D eigenvalue weighted by molar-refractivity contribution is 7.89. The summed E-state index contributed by atoms with van der Waals surface area (Å²) in [6.07, 6.45) is 1.87. The molecule has 0 unspecified atom stereocenters. The minimum absolute atomic E-state index is 0.0499. The van der Waals surface area contributed by atoms with Gasteiger partial charge in [-0.05, 0) is 50.9 Å². The van der Waals surface area contributed by atoms with E-state index in [-0.39, 0.29) is 16.6 Å². The lowest BCUT2D eigenvalue weighted by Gasteiger charge is -2.28. The number of hydrogen-bond donors (Lipinski definition) is 2. The third-order valence-corrected chi connectivity index (χ3v) is 5.36. The highest BCUT2D eigenvalue weighted by Crippen LogP contribution is 2.20. The summed E-state index contributed by atoms with van der Waals surface area (Å²) in [5, 5.41) is 13.8. The van der Waals surface area contributed by atoms with Gasteiger partial charge in [-0.15, -0.1) is 0 Å². The van der Waals surface area contributed by atoms with Gasteiger partial charge in [-0.2, -0.15) is 0 Å². The third-order valence-electron chi connectivity index (χ3n) is 3.79. The second-order valence-corrected chi connectivity index (χ2v) is 6.96. The number of nitro groups is 1. The lowest BCUT2D eigenvalue weighted by Crippen LogP contribution is -2.42. The van der Waals surface area contributed by atoms with Crippen molar-refractivity contribution in [3.05, 3.63) is 34.4 Å². The van der Waals surface area contributed by atoms with Crippen LogP contribution in [0.3, 0.4) is 0 Å². The van der Waals surface area contributed by atoms with Gasteiger partial charge in [0.25, 0.3) is 5.69 Å². The molecule has 0 aliphatic carbocycles. The minimum Gasteiger partial charge on any atom is -0.317 e. The zero-order valence-corrected chi connectivity index (χ0v) is 12.6. The predicted molar refractivity (Wildman–Crippen MR) is 78.5 cm³/mol. The maximum Gasteiger partial charge on any atom is 0.269 e. The summed E-state index contributed by atoms with van der Waals surface area (Å²) in [5.41, 5.74) is -0.125. The molecule has 2 N–H and O–H groups in total. The van der Waals surface area contributed by atoms with E-state index >= 15 is 0 Å². The molecule has 1 aliphatic rings. The highest BCUT2D eigenvalue weighted by atomic mass is 32.2. The van der Waals surface area contributed by atoms with Crippen molar-refractivity contribution in [1.82, 2.24) is 10.0 Å². The van der Waals surface area contributed by atoms with Crippen LogP contribution in [0.25, 0.3) is 0 Å². The van der Waals surface area contributed by atoms with E-state index in [1.165, 1.54) is 24.3 Å². The van der Waals surface area contributed by atoms with Crippen LogP contribution < -0.4 is 10.0 Å². The molecule has 1 aromatic rings. The number of hydrogen-bond acceptors (Lipinski definition) is 5. The number of nitro benzene ring substituents is 1. The first-order valence-electron chi connectivity index (χ1n) is 6.87. The van der Waals surface area contributed by atoms with Gasteiger partial charge in [-0.3, -0.25) is 10.1 Å². The van der Waals surface area contributed by atoms with Crippen molar-refractivity contribution in [3.63, 3.8) is 0 Å². The van der Waals surface area contributed by atoms with Crippen molar-refractivity contribution in [3.8, 4) is 0 Å². The average molecular weight is 313 g/mol. The molecule has 116 valence electrons. The molecule has 0 radical (unpaired) electrons. The molecular formula is C13H19N3O4S. The molecule has 1 saturated heterocycles. The normalized spacial score (nSPS) is 18.3. The van der Waals surface area contributed by atoms with Gasteiger partial charge in [0.15, 0.2) is 0 Å². The largest absolute Gasteiger partial charge is 0.317 e. The molecule has 1 fully saturated rings. The van der Waals surface area contributed by atoms with Crippen LogP contribution in [0, 0.1) is 16.0 Å². The quantitative estimate of drug-likeness (QED) is 0.629. The van der Waals surface area contributed by atoms with Crippen molar-refractivity contribution >= 4 is 15.7 Å². The average Bonchev–Trinajstić information content (AvgIpc) is 2.48. The van der Waals surface area contributed by atoms with E-state index in [1.807, 2.05) is 6.92 Å². The fraction of sp³-hybridized carbons (Fsp3) is 0.538. The molecule has 7 nitrogen and oxygen atoms in total. The Morgan fingerprint density at radius 3 is 2.38 bits per heavy atom. The van der Waals surface area contributed by atoms with Crippen LogP contribution in [-0.4, -0.2) is 32.5 Å². The van der Waals surface area contributed by atoms with Gasteiger partial charge in [0.05, 0.1) is 9.82 Å². The van der Waals surface area contributed by atoms with Crippen LogP contribution in [0.1, 0.15) is 19.8 Å². The van der Waals surface area contributed by atoms with Crippen molar-refractivity contribution in [2.75, 3.05) is 13.1 Å². The number of benzene rings is 1. The maximum atomic E-state index is 12.3. The Bertz CT molecular complexity index is 594. The molecule has 1 aliphatic heterocycles. The highest BCUT2D eigenvalue weighted by Gasteiger charge is 2.25. The van der Waals surface area contributed by atoms with Crippen LogP contribution in [0.4, 0.5) is 5.69 Å². The second kappa shape index (κ2) is 6.50. The van der Waals surface area contributed by atoms with E-state index in [9.17, 15) is 18.5 Å². The van der Waals surface area contributed by atoms with Crippen LogP contribution in [-0.2, 0) is 10.0 Å². The number of non-ortho nitro benzene ring substituents is 1. The molecule has 0 bridgehead atoms. The fourth-order valence-corrected chi connectivity index (χ4v) is 3.81. The number of rotatable bonds is 5. The molecule has 2 rings (SSSR count). The van der Waals surface area contributed by atoms with Gasteiger partial charge in [-0.25, -0.2) is 13.1 Å². The summed E-state index contributed by atoms with van der Waals surface area (Å²) in [7, 11) is -3.64. The lowest BCUT2D eigenvalue weighted by molar-refractivity contribution is -0.384. The molecule has 8 heteroatoms. The Morgan fingerprint density at radius 1 is 1.29 bits per heavy atom. The van der Waals surface area contributed by atoms with Gasteiger partial charge >= 0.3 is 0 Å². The molecule has 0 amide bonds. The van der Waals surface area contributed by atoms with Gasteiger partial charge in [0.2, 0.25) is 10.0 Å². The van der Waals surface area contributed by atoms with Crippen LogP contribution in [0.15, 0.2) is 29.2 Å². The van der Waals surface area contributed by atoms with E-state index in [1.54, 1.807) is 0 Å². The van der Waals surface area contributed by atoms with Gasteiger partial charge in [-0.1, -0.05) is 0 Å². The molecular weight excluding hydrogens is 294 g/mol. The molecule has 21 heavy (non-hydrogen) atoms. The minimum atomic E-state index is -3.64. The van der Waals surface area contributed by atoms with Crippen LogP contribution in [0.2, 0.25) is 0 Å². The van der Waals surface area contributed by atoms with E-state index < -0.39 is 14.9 Å². The molecule has 0 spiro atoms. The van der Waals surface area contributed by atoms with E-state index in [4.69, 9.17) is 0 Å². The molecule has 0 saturated carbocycles. The van der Waals surface area contributed by atoms with Gasteiger partial charge in [0, 0.05) is 18.2 Å². The second-order valence-electron chi connectivity index (χ2n) is 5.25. The van der Waals surface area contributed by atoms with Crippen molar-refractivity contribution in [1.29, 1.82) is 0 Å². The first-order valence-corrected chi connectivity index (χ1v) is 8.36. The Morgan fingerprint density at radius 2 is 1.86 bits per heavy atom. The first-order chi connectivity index (χ1) is 9.90. The maximum absolute atomic E-state index is 12.3. The number of sulfonamides is 1. The van der Waals surface area contributed by atoms with E-state index in [0.717, 1.165) is 25.9 Å². The third kappa shape index (κ3) is 3.99. The zero-order chi connectivity index (χ0) is 15.5. The van der Waals surface area contributed by atoms with Crippen molar-refractivity contribution < 1.29 is 13.3 Å². The first kappa shape index (κ1) is 15.9. The summed E-state index contributed by atoms with van der Waals surface area (Å²) >= 11 is 0. The molecule has 1 aromatic carbocycles. The van der Waals surface area contributed by atoms with Crippen molar-refractivity contribution in [2.45, 2.75) is 30.7 Å². The molecule has 1 heterocycles. The van der Waals surface area contributed by atoms with Gasteiger partial charge in [0.1, 0.15) is 0 Å². The zero-order valence-electron chi connectivity index (χ0n) is 11.8. The number of piperidine rings is 1. The van der Waals surface area contributed by atoms with Gasteiger partial charge < -0.3 is 5.32 Å². The monoisotopic (exact) mass is 313 g/mol. The topological polar surface area (TPSA) is 101 Å². The summed E-state index contributed by atoms with van der Waals surface area (Å²) < 4.78 is 27.2. The van der Waals surface area contributed by atoms with Crippen LogP contribution in [0.5, 0.6) is 0 Å². The smallest absolute Gasteiger partial charge is 0.269 e. The van der Waals surface area contributed by atoms with Crippen LogP contribution >= 0.6 is 0 Å². The lowest BCUT2D eigenvalue weighted by atomic mass is 9.92. The Balaban J connectivity index is 2.08. The van der Waals surface area contributed by atoms with E-state index in [0.29, 0.717) is 5.92 Å². The Labute approximate surface area is 123 Å². The number of nitrogens with zero attached hydrogens (tertiary/aromatic N) is 1. The molecule has 0 aromatic heterocycles. The summed E-state index contributed by atoms with van der Waals surface area (Å²) in [5.74, 6) is 0.305. The van der Waals surface area contributed by atoms with Crippen molar-refractivity contribution in [2.24, 2.45) is 5.92 Å².